The number of benzene rings is 4. The molecule has 3 atom stereocenters. The first-order chi connectivity index (χ1) is 17.1. The van der Waals surface area contributed by atoms with Crippen molar-refractivity contribution in [2.75, 3.05) is 0 Å². The zero-order valence-electron chi connectivity index (χ0n) is 19.8. The van der Waals surface area contributed by atoms with E-state index in [-0.39, 0.29) is 0 Å². The third-order valence-electron chi connectivity index (χ3n) is 6.52. The Morgan fingerprint density at radius 2 is 0.971 bits per heavy atom. The molecule has 1 unspecified atom stereocenters. The molecular formula is C31H30O4. The molecule has 0 amide bonds. The largest absolute Gasteiger partial charge is 0.367 e. The van der Waals surface area contributed by atoms with Gasteiger partial charge in [0.1, 0.15) is 12.2 Å². The minimum Gasteiger partial charge on any atom is -0.367 e. The second kappa shape index (κ2) is 10.1. The Kier molecular flexibility index (Phi) is 6.80. The van der Waals surface area contributed by atoms with E-state index in [0.29, 0.717) is 13.2 Å². The van der Waals surface area contributed by atoms with Crippen LogP contribution in [0.3, 0.4) is 0 Å². The summed E-state index contributed by atoms with van der Waals surface area (Å²) in [6.45, 7) is 2.35. The van der Waals surface area contributed by atoms with E-state index in [0.717, 1.165) is 22.3 Å². The summed E-state index contributed by atoms with van der Waals surface area (Å²) in [5, 5.41) is 11.6. The lowest BCUT2D eigenvalue weighted by Gasteiger charge is -2.36. The normalized spacial score (nSPS) is 23.3. The Labute approximate surface area is 206 Å². The minimum absolute atomic E-state index is 0.329. The van der Waals surface area contributed by atoms with E-state index < -0.39 is 23.6 Å². The molecule has 0 aromatic heterocycles. The minimum atomic E-state index is -1.60. The molecule has 178 valence electrons. The molecule has 4 aromatic carbocycles. The average Bonchev–Trinajstić information content (AvgIpc) is 3.15. The first kappa shape index (κ1) is 23.5. The molecule has 1 heterocycles. The highest BCUT2D eigenvalue weighted by atomic mass is 16.7. The lowest BCUT2D eigenvalue weighted by atomic mass is 9.80. The molecule has 0 radical (unpaired) electrons. The highest BCUT2D eigenvalue weighted by Crippen LogP contribution is 2.51. The highest BCUT2D eigenvalue weighted by Gasteiger charge is 2.63. The first-order valence-electron chi connectivity index (χ1n) is 11.9. The van der Waals surface area contributed by atoms with Crippen LogP contribution in [0, 0.1) is 0 Å². The van der Waals surface area contributed by atoms with Gasteiger partial charge in [0.25, 0.3) is 0 Å². The van der Waals surface area contributed by atoms with E-state index in [4.69, 9.17) is 14.2 Å². The number of hydrogen-bond donors (Lipinski definition) is 1. The highest BCUT2D eigenvalue weighted by molar-refractivity contribution is 5.41. The first-order valence-corrected chi connectivity index (χ1v) is 11.9. The molecule has 0 bridgehead atoms. The van der Waals surface area contributed by atoms with Gasteiger partial charge in [0.15, 0.2) is 11.4 Å². The maximum atomic E-state index is 11.6. The quantitative estimate of drug-likeness (QED) is 0.354. The summed E-state index contributed by atoms with van der Waals surface area (Å²) < 4.78 is 19.7. The van der Waals surface area contributed by atoms with Crippen LogP contribution in [0.25, 0.3) is 0 Å². The van der Waals surface area contributed by atoms with Crippen LogP contribution in [0.2, 0.25) is 0 Å². The Hall–Kier alpha value is -3.28. The van der Waals surface area contributed by atoms with Gasteiger partial charge in [0.05, 0.1) is 13.2 Å². The van der Waals surface area contributed by atoms with Crippen molar-refractivity contribution >= 4 is 0 Å². The Morgan fingerprint density at radius 3 is 1.40 bits per heavy atom. The van der Waals surface area contributed by atoms with E-state index >= 15 is 0 Å². The maximum absolute atomic E-state index is 11.6. The van der Waals surface area contributed by atoms with E-state index in [9.17, 15) is 5.11 Å². The molecule has 1 aliphatic rings. The third-order valence-corrected chi connectivity index (χ3v) is 6.52. The Bertz CT molecular complexity index is 1150. The van der Waals surface area contributed by atoms with Crippen LogP contribution in [0.1, 0.15) is 29.2 Å². The summed E-state index contributed by atoms with van der Waals surface area (Å²) in [5.41, 5.74) is 2.78. The van der Waals surface area contributed by atoms with Crippen molar-refractivity contribution in [3.8, 4) is 0 Å². The zero-order valence-corrected chi connectivity index (χ0v) is 19.8. The monoisotopic (exact) mass is 466 g/mol. The Balaban J connectivity index is 1.59. The molecule has 0 spiro atoms. The predicted octanol–water partition coefficient (Wildman–Crippen LogP) is 5.84. The SMILES string of the molecule is CC1(O)OC(c2ccccc2)(c2ccccc2)[C@H](OCc2ccccc2)[C@H]1OCc1ccccc1. The van der Waals surface area contributed by atoms with Gasteiger partial charge in [-0.05, 0) is 29.2 Å². The van der Waals surface area contributed by atoms with Crippen molar-refractivity contribution in [2.24, 2.45) is 0 Å². The van der Waals surface area contributed by atoms with Gasteiger partial charge >= 0.3 is 0 Å². The summed E-state index contributed by atoms with van der Waals surface area (Å²) in [4.78, 5) is 0. The summed E-state index contributed by atoms with van der Waals surface area (Å²) >= 11 is 0. The van der Waals surface area contributed by atoms with E-state index in [2.05, 4.69) is 0 Å². The molecule has 4 aromatic rings. The van der Waals surface area contributed by atoms with E-state index in [1.807, 2.05) is 121 Å². The molecule has 0 aliphatic carbocycles. The van der Waals surface area contributed by atoms with Crippen LogP contribution < -0.4 is 0 Å². The molecule has 0 saturated carbocycles. The van der Waals surface area contributed by atoms with Crippen LogP contribution in [0.5, 0.6) is 0 Å². The van der Waals surface area contributed by atoms with Crippen molar-refractivity contribution in [3.63, 3.8) is 0 Å². The fourth-order valence-electron chi connectivity index (χ4n) is 4.89. The third kappa shape index (κ3) is 4.79. The number of rotatable bonds is 8. The van der Waals surface area contributed by atoms with E-state index in [1.165, 1.54) is 0 Å². The van der Waals surface area contributed by atoms with Crippen molar-refractivity contribution in [2.45, 2.75) is 43.7 Å². The predicted molar refractivity (Wildman–Crippen MR) is 135 cm³/mol. The molecule has 35 heavy (non-hydrogen) atoms. The lowest BCUT2D eigenvalue weighted by Crippen LogP contribution is -2.46. The summed E-state index contributed by atoms with van der Waals surface area (Å²) in [6, 6.07) is 39.9. The molecule has 4 nitrogen and oxygen atoms in total. The lowest BCUT2D eigenvalue weighted by molar-refractivity contribution is -0.241. The van der Waals surface area contributed by atoms with Gasteiger partial charge in [-0.15, -0.1) is 0 Å². The van der Waals surface area contributed by atoms with Gasteiger partial charge in [0, 0.05) is 0 Å². The van der Waals surface area contributed by atoms with Gasteiger partial charge in [-0.25, -0.2) is 0 Å². The van der Waals surface area contributed by atoms with E-state index in [1.54, 1.807) is 6.92 Å². The van der Waals surface area contributed by atoms with Gasteiger partial charge in [-0.1, -0.05) is 121 Å². The maximum Gasteiger partial charge on any atom is 0.193 e. The number of ether oxygens (including phenoxy) is 3. The zero-order chi connectivity index (χ0) is 24.1. The van der Waals surface area contributed by atoms with Crippen molar-refractivity contribution in [1.82, 2.24) is 0 Å². The second-order valence-electron chi connectivity index (χ2n) is 9.06. The van der Waals surface area contributed by atoms with Crippen molar-refractivity contribution in [3.05, 3.63) is 144 Å². The molecule has 4 heteroatoms. The molecule has 5 rings (SSSR count). The fourth-order valence-corrected chi connectivity index (χ4v) is 4.89. The second-order valence-corrected chi connectivity index (χ2v) is 9.06. The number of hydrogen-bond acceptors (Lipinski definition) is 4. The smallest absolute Gasteiger partial charge is 0.193 e. The van der Waals surface area contributed by atoms with Crippen LogP contribution in [0.15, 0.2) is 121 Å². The fraction of sp³-hybridized carbons (Fsp3) is 0.226. The van der Waals surface area contributed by atoms with Crippen LogP contribution in [-0.2, 0) is 33.0 Å². The van der Waals surface area contributed by atoms with Crippen LogP contribution in [0.4, 0.5) is 0 Å². The molecule has 1 N–H and O–H groups in total. The van der Waals surface area contributed by atoms with Crippen molar-refractivity contribution in [1.29, 1.82) is 0 Å². The average molecular weight is 467 g/mol. The molecular weight excluding hydrogens is 436 g/mol. The topological polar surface area (TPSA) is 47.9 Å². The van der Waals surface area contributed by atoms with Crippen molar-refractivity contribution < 1.29 is 19.3 Å². The molecule has 1 aliphatic heterocycles. The summed E-state index contributed by atoms with van der Waals surface area (Å²) in [5.74, 6) is -1.60. The van der Waals surface area contributed by atoms with Gasteiger partial charge < -0.3 is 19.3 Å². The van der Waals surface area contributed by atoms with Crippen LogP contribution in [-0.4, -0.2) is 23.1 Å². The van der Waals surface area contributed by atoms with Gasteiger partial charge in [-0.3, -0.25) is 0 Å². The molecule has 1 fully saturated rings. The van der Waals surface area contributed by atoms with Gasteiger partial charge in [0.2, 0.25) is 0 Å². The van der Waals surface area contributed by atoms with Crippen LogP contribution >= 0.6 is 0 Å². The van der Waals surface area contributed by atoms with Gasteiger partial charge in [-0.2, -0.15) is 0 Å². The number of aliphatic hydroxyl groups is 1. The Morgan fingerprint density at radius 1 is 0.600 bits per heavy atom. The summed E-state index contributed by atoms with van der Waals surface area (Å²) in [7, 11) is 0. The summed E-state index contributed by atoms with van der Waals surface area (Å²) in [6.07, 6.45) is -1.36. The molecule has 1 saturated heterocycles. The standard InChI is InChI=1S/C31H30O4/c1-30(32)28(33-22-24-14-6-2-7-15-24)29(34-23-25-16-8-3-9-17-25)31(35-30,26-18-10-4-11-19-26)27-20-12-5-13-21-27/h2-21,28-29,32H,22-23H2,1H3/t28-,29-,30?/m1/s1.